The number of aliphatic imine (C=N–C) groups is 1. The van der Waals surface area contributed by atoms with E-state index >= 15 is 0 Å². The van der Waals surface area contributed by atoms with E-state index in [0.717, 1.165) is 17.7 Å². The first-order chi connectivity index (χ1) is 13.1. The zero-order valence-corrected chi connectivity index (χ0v) is 15.6. The molecule has 0 spiro atoms. The Morgan fingerprint density at radius 3 is 2.48 bits per heavy atom. The molecule has 0 radical (unpaired) electrons. The van der Waals surface area contributed by atoms with Gasteiger partial charge in [-0.15, -0.1) is 0 Å². The predicted octanol–water partition coefficient (Wildman–Crippen LogP) is 3.24. The van der Waals surface area contributed by atoms with Crippen LogP contribution in [-0.4, -0.2) is 22.6 Å². The number of nitrogens with one attached hydrogen (secondary N) is 2. The highest BCUT2D eigenvalue weighted by Gasteiger charge is 2.03. The van der Waals surface area contributed by atoms with Crippen LogP contribution in [0.15, 0.2) is 66.2 Å². The van der Waals surface area contributed by atoms with Crippen LogP contribution in [-0.2, 0) is 19.6 Å². The van der Waals surface area contributed by atoms with E-state index in [-0.39, 0.29) is 5.82 Å². The van der Waals surface area contributed by atoms with Crippen LogP contribution in [0.3, 0.4) is 0 Å². The summed E-state index contributed by atoms with van der Waals surface area (Å²) in [6, 6.07) is 13.6. The monoisotopic (exact) mass is 365 g/mol. The minimum Gasteiger partial charge on any atom is -0.352 e. The molecule has 3 rings (SSSR count). The zero-order valence-electron chi connectivity index (χ0n) is 15.6. The summed E-state index contributed by atoms with van der Waals surface area (Å²) in [5.74, 6) is 0.489. The normalized spacial score (nSPS) is 11.4. The molecule has 0 saturated carbocycles. The van der Waals surface area contributed by atoms with Crippen molar-refractivity contribution < 1.29 is 4.39 Å². The molecule has 1 heterocycles. The third-order valence-electron chi connectivity index (χ3n) is 4.30. The minimum absolute atomic E-state index is 0.188. The molecule has 0 aliphatic rings. The first kappa shape index (κ1) is 18.6. The van der Waals surface area contributed by atoms with E-state index in [9.17, 15) is 4.39 Å². The van der Waals surface area contributed by atoms with Crippen molar-refractivity contribution >= 4 is 5.96 Å². The standard InChI is InChI=1S/C21H24FN5/c1-16-6-7-18(11-20(16)22)13-26-21(23-2)25-12-17-4-3-5-19(10-17)14-27-9-8-24-15-27/h3-11,15H,12-14H2,1-2H3,(H2,23,25,26). The molecule has 140 valence electrons. The molecule has 0 aliphatic carbocycles. The lowest BCUT2D eigenvalue weighted by Crippen LogP contribution is -2.36. The lowest BCUT2D eigenvalue weighted by atomic mass is 10.1. The summed E-state index contributed by atoms with van der Waals surface area (Å²) in [4.78, 5) is 8.30. The largest absolute Gasteiger partial charge is 0.352 e. The van der Waals surface area contributed by atoms with Crippen LogP contribution in [0.4, 0.5) is 4.39 Å². The molecule has 2 N–H and O–H groups in total. The number of hydrogen-bond acceptors (Lipinski definition) is 2. The maximum absolute atomic E-state index is 13.6. The van der Waals surface area contributed by atoms with Crippen molar-refractivity contribution in [1.82, 2.24) is 20.2 Å². The Balaban J connectivity index is 1.53. The van der Waals surface area contributed by atoms with Gasteiger partial charge >= 0.3 is 0 Å². The van der Waals surface area contributed by atoms with Crippen molar-refractivity contribution in [2.45, 2.75) is 26.6 Å². The number of halogens is 1. The van der Waals surface area contributed by atoms with Crippen LogP contribution in [0, 0.1) is 12.7 Å². The van der Waals surface area contributed by atoms with Crippen molar-refractivity contribution in [3.63, 3.8) is 0 Å². The molecule has 0 saturated heterocycles. The molecule has 6 heteroatoms. The minimum atomic E-state index is -0.188. The third-order valence-corrected chi connectivity index (χ3v) is 4.30. The van der Waals surface area contributed by atoms with Crippen LogP contribution in [0.1, 0.15) is 22.3 Å². The van der Waals surface area contributed by atoms with E-state index in [1.807, 2.05) is 23.2 Å². The number of aryl methyl sites for hydroxylation is 1. The highest BCUT2D eigenvalue weighted by atomic mass is 19.1. The molecule has 1 aromatic heterocycles. The van der Waals surface area contributed by atoms with Crippen molar-refractivity contribution in [1.29, 1.82) is 0 Å². The van der Waals surface area contributed by atoms with Crippen molar-refractivity contribution in [3.8, 4) is 0 Å². The number of imidazole rings is 1. The van der Waals surface area contributed by atoms with Gasteiger partial charge in [0.2, 0.25) is 0 Å². The fourth-order valence-electron chi connectivity index (χ4n) is 2.77. The second kappa shape index (κ2) is 8.98. The van der Waals surface area contributed by atoms with Gasteiger partial charge in [0, 0.05) is 39.1 Å². The van der Waals surface area contributed by atoms with Crippen molar-refractivity contribution in [2.24, 2.45) is 4.99 Å². The number of benzene rings is 2. The van der Waals surface area contributed by atoms with Crippen LogP contribution in [0.5, 0.6) is 0 Å². The maximum Gasteiger partial charge on any atom is 0.191 e. The molecule has 0 unspecified atom stereocenters. The van der Waals surface area contributed by atoms with E-state index in [4.69, 9.17) is 0 Å². The average molecular weight is 365 g/mol. The Bertz CT molecular complexity index is 903. The number of rotatable bonds is 6. The Morgan fingerprint density at radius 2 is 1.81 bits per heavy atom. The summed E-state index contributed by atoms with van der Waals surface area (Å²) < 4.78 is 15.7. The van der Waals surface area contributed by atoms with E-state index in [0.29, 0.717) is 24.6 Å². The fourth-order valence-corrected chi connectivity index (χ4v) is 2.77. The Kier molecular flexibility index (Phi) is 6.20. The molecule has 0 bridgehead atoms. The smallest absolute Gasteiger partial charge is 0.191 e. The van der Waals surface area contributed by atoms with Gasteiger partial charge in [0.25, 0.3) is 0 Å². The molecular formula is C21H24FN5. The molecule has 27 heavy (non-hydrogen) atoms. The summed E-state index contributed by atoms with van der Waals surface area (Å²) in [7, 11) is 1.72. The third kappa shape index (κ3) is 5.41. The van der Waals surface area contributed by atoms with E-state index in [1.165, 1.54) is 5.56 Å². The Morgan fingerprint density at radius 1 is 1.07 bits per heavy atom. The maximum atomic E-state index is 13.6. The summed E-state index contributed by atoms with van der Waals surface area (Å²) >= 11 is 0. The average Bonchev–Trinajstić information content (AvgIpc) is 3.18. The van der Waals surface area contributed by atoms with Crippen molar-refractivity contribution in [2.75, 3.05) is 7.05 Å². The molecule has 0 amide bonds. The second-order valence-electron chi connectivity index (χ2n) is 6.42. The lowest BCUT2D eigenvalue weighted by Gasteiger charge is -2.13. The fraction of sp³-hybridized carbons (Fsp3) is 0.238. The molecular weight excluding hydrogens is 341 g/mol. The summed E-state index contributed by atoms with van der Waals surface area (Å²) in [5.41, 5.74) is 3.91. The highest BCUT2D eigenvalue weighted by Crippen LogP contribution is 2.09. The molecule has 0 aliphatic heterocycles. The van der Waals surface area contributed by atoms with Crippen LogP contribution >= 0.6 is 0 Å². The summed E-state index contributed by atoms with van der Waals surface area (Å²) in [5, 5.41) is 6.51. The Labute approximate surface area is 159 Å². The van der Waals surface area contributed by atoms with Gasteiger partial charge in [-0.2, -0.15) is 0 Å². The summed E-state index contributed by atoms with van der Waals surface area (Å²) in [6.07, 6.45) is 5.54. The number of guanidine groups is 1. The van der Waals surface area contributed by atoms with Gasteiger partial charge in [0.05, 0.1) is 6.33 Å². The second-order valence-corrected chi connectivity index (χ2v) is 6.42. The van der Waals surface area contributed by atoms with Crippen LogP contribution < -0.4 is 10.6 Å². The zero-order chi connectivity index (χ0) is 19.1. The van der Waals surface area contributed by atoms with Crippen molar-refractivity contribution in [3.05, 3.63) is 89.3 Å². The van der Waals surface area contributed by atoms with Crippen LogP contribution in [0.25, 0.3) is 0 Å². The number of aromatic nitrogens is 2. The molecule has 0 fully saturated rings. The summed E-state index contributed by atoms with van der Waals surface area (Å²) in [6.45, 7) is 3.71. The van der Waals surface area contributed by atoms with Gasteiger partial charge in [-0.05, 0) is 35.2 Å². The van der Waals surface area contributed by atoms with E-state index in [2.05, 4.69) is 44.9 Å². The first-order valence-corrected chi connectivity index (χ1v) is 8.87. The molecule has 3 aromatic rings. The van der Waals surface area contributed by atoms with Gasteiger partial charge in [0.1, 0.15) is 5.82 Å². The van der Waals surface area contributed by atoms with Gasteiger partial charge in [0.15, 0.2) is 5.96 Å². The van der Waals surface area contributed by atoms with Gasteiger partial charge in [-0.3, -0.25) is 4.99 Å². The first-order valence-electron chi connectivity index (χ1n) is 8.87. The van der Waals surface area contributed by atoms with Gasteiger partial charge < -0.3 is 15.2 Å². The quantitative estimate of drug-likeness (QED) is 0.521. The van der Waals surface area contributed by atoms with Gasteiger partial charge in [-0.25, -0.2) is 9.37 Å². The lowest BCUT2D eigenvalue weighted by molar-refractivity contribution is 0.615. The molecule has 5 nitrogen and oxygen atoms in total. The topological polar surface area (TPSA) is 54.2 Å². The molecule has 0 atom stereocenters. The van der Waals surface area contributed by atoms with Gasteiger partial charge in [-0.1, -0.05) is 36.4 Å². The predicted molar refractivity (Wildman–Crippen MR) is 106 cm³/mol. The number of hydrogen-bond donors (Lipinski definition) is 2. The molecule has 2 aromatic carbocycles. The van der Waals surface area contributed by atoms with E-state index < -0.39 is 0 Å². The van der Waals surface area contributed by atoms with Crippen LogP contribution in [0.2, 0.25) is 0 Å². The Hall–Kier alpha value is -3.15. The SMILES string of the molecule is CN=C(NCc1cccc(Cn2ccnc2)c1)NCc1ccc(C)c(F)c1. The number of nitrogens with zero attached hydrogens (tertiary/aromatic N) is 3. The highest BCUT2D eigenvalue weighted by molar-refractivity contribution is 5.79. The van der Waals surface area contributed by atoms with E-state index in [1.54, 1.807) is 32.3 Å².